The van der Waals surface area contributed by atoms with Gasteiger partial charge >= 0.3 is 6.18 Å². The smallest absolute Gasteiger partial charge is 0.383 e. The summed E-state index contributed by atoms with van der Waals surface area (Å²) in [4.78, 5) is 34.4. The number of benzene rings is 1. The van der Waals surface area contributed by atoms with Gasteiger partial charge < -0.3 is 5.73 Å². The molecule has 1 aliphatic heterocycles. The van der Waals surface area contributed by atoms with Crippen molar-refractivity contribution in [3.8, 4) is 0 Å². The summed E-state index contributed by atoms with van der Waals surface area (Å²) in [6, 6.07) is 7.00. The Morgan fingerprint density at radius 3 is 2.51 bits per heavy atom. The summed E-state index contributed by atoms with van der Waals surface area (Å²) in [5.41, 5.74) is 6.92. The van der Waals surface area contributed by atoms with E-state index in [0.717, 1.165) is 12.3 Å². The van der Waals surface area contributed by atoms with E-state index in [2.05, 4.69) is 15.1 Å². The van der Waals surface area contributed by atoms with E-state index in [1.165, 1.54) is 16.1 Å². The van der Waals surface area contributed by atoms with Crippen LogP contribution in [0.3, 0.4) is 0 Å². The average Bonchev–Trinajstić information content (AvgIpc) is 3.49. The van der Waals surface area contributed by atoms with E-state index in [1.54, 1.807) is 36.1 Å². The van der Waals surface area contributed by atoms with Crippen molar-refractivity contribution in [3.05, 3.63) is 59.5 Å². The standard InChI is InChI=1S/C23H20F3N7O2.C2H6/c1-31-20-16-9-13(4-7-18(16)30-21(27)17(20)11-29-31)22(35)33(32-8-2-3-19(32)34)12-15-6-5-14(10-28-15)23(24,25)26;1-2/h4-7,9-11H,2-3,8,12H2,1H3,(H2,27,30);1-2H3. The number of carbonyl (C=O) groups excluding carboxylic acids is 2. The maximum atomic E-state index is 13.6. The van der Waals surface area contributed by atoms with Crippen molar-refractivity contribution in [2.75, 3.05) is 12.3 Å². The monoisotopic (exact) mass is 513 g/mol. The van der Waals surface area contributed by atoms with Crippen LogP contribution < -0.4 is 5.73 Å². The highest BCUT2D eigenvalue weighted by Crippen LogP contribution is 2.30. The van der Waals surface area contributed by atoms with Crippen molar-refractivity contribution >= 4 is 39.4 Å². The Balaban J connectivity index is 0.00000156. The first kappa shape index (κ1) is 25.9. The number of halogens is 3. The fourth-order valence-corrected chi connectivity index (χ4v) is 4.23. The lowest BCUT2D eigenvalue weighted by Crippen LogP contribution is -2.46. The SMILES string of the molecule is CC.Cn1ncc2c(N)nc3ccc(C(=O)N(Cc4ccc(C(F)(F)F)cn4)N4CCCC4=O)cc3c21. The van der Waals surface area contributed by atoms with Gasteiger partial charge in [0.25, 0.3) is 5.91 Å². The number of nitrogens with zero attached hydrogens (tertiary/aromatic N) is 6. The predicted molar refractivity (Wildman–Crippen MR) is 132 cm³/mol. The topological polar surface area (TPSA) is 110 Å². The molecule has 1 fully saturated rings. The number of carbonyl (C=O) groups is 2. The maximum Gasteiger partial charge on any atom is 0.417 e. The minimum Gasteiger partial charge on any atom is -0.383 e. The number of rotatable bonds is 4. The normalized spacial score (nSPS) is 13.7. The Kier molecular flexibility index (Phi) is 7.01. The Hall–Kier alpha value is -4.22. The van der Waals surface area contributed by atoms with Gasteiger partial charge in [-0.1, -0.05) is 13.8 Å². The molecule has 0 radical (unpaired) electrons. The lowest BCUT2D eigenvalue weighted by atomic mass is 10.1. The number of pyridine rings is 2. The molecule has 2 amide bonds. The first-order valence-corrected chi connectivity index (χ1v) is 11.8. The number of aromatic nitrogens is 4. The predicted octanol–water partition coefficient (Wildman–Crippen LogP) is 4.32. The van der Waals surface area contributed by atoms with Gasteiger partial charge in [0, 0.05) is 37.2 Å². The van der Waals surface area contributed by atoms with Crippen LogP contribution in [0, 0.1) is 0 Å². The molecule has 0 aliphatic carbocycles. The summed E-state index contributed by atoms with van der Waals surface area (Å²) in [6.45, 7) is 4.16. The zero-order valence-corrected chi connectivity index (χ0v) is 20.6. The summed E-state index contributed by atoms with van der Waals surface area (Å²) in [5.74, 6) is -0.414. The lowest BCUT2D eigenvalue weighted by Gasteiger charge is -2.31. The molecule has 9 nitrogen and oxygen atoms in total. The van der Waals surface area contributed by atoms with E-state index in [4.69, 9.17) is 5.73 Å². The fraction of sp³-hybridized carbons (Fsp3) is 0.320. The number of fused-ring (bicyclic) bond motifs is 3. The van der Waals surface area contributed by atoms with E-state index in [1.807, 2.05) is 13.8 Å². The van der Waals surface area contributed by atoms with Crippen LogP contribution in [0.25, 0.3) is 21.8 Å². The van der Waals surface area contributed by atoms with Crippen LogP contribution in [0.2, 0.25) is 0 Å². The van der Waals surface area contributed by atoms with Crippen LogP contribution in [0.15, 0.2) is 42.7 Å². The molecule has 1 saturated heterocycles. The second kappa shape index (κ2) is 10.0. The van der Waals surface area contributed by atoms with Crippen LogP contribution in [-0.4, -0.2) is 48.1 Å². The number of aryl methyl sites for hydroxylation is 1. The zero-order chi connectivity index (χ0) is 26.9. The van der Waals surface area contributed by atoms with E-state index >= 15 is 0 Å². The highest BCUT2D eigenvalue weighted by molar-refractivity contribution is 6.10. The quantitative estimate of drug-likeness (QED) is 0.435. The molecule has 0 spiro atoms. The molecule has 37 heavy (non-hydrogen) atoms. The molecule has 1 aromatic carbocycles. The third-order valence-corrected chi connectivity index (χ3v) is 5.99. The van der Waals surface area contributed by atoms with E-state index in [0.29, 0.717) is 40.6 Å². The first-order valence-electron chi connectivity index (χ1n) is 11.8. The number of anilines is 1. The number of hydrogen-bond donors (Lipinski definition) is 1. The van der Waals surface area contributed by atoms with Crippen molar-refractivity contribution in [2.45, 2.75) is 39.4 Å². The fourth-order valence-electron chi connectivity index (χ4n) is 4.23. The number of nitrogen functional groups attached to an aromatic ring is 1. The largest absolute Gasteiger partial charge is 0.417 e. The highest BCUT2D eigenvalue weighted by Gasteiger charge is 2.33. The maximum absolute atomic E-state index is 13.6. The Morgan fingerprint density at radius 1 is 1.14 bits per heavy atom. The summed E-state index contributed by atoms with van der Waals surface area (Å²) in [6.07, 6.45) is -1.36. The van der Waals surface area contributed by atoms with Gasteiger partial charge in [0.1, 0.15) is 5.82 Å². The first-order chi connectivity index (χ1) is 17.6. The summed E-state index contributed by atoms with van der Waals surface area (Å²) in [7, 11) is 1.75. The molecule has 2 N–H and O–H groups in total. The molecule has 1 aliphatic rings. The molecule has 12 heteroatoms. The van der Waals surface area contributed by atoms with Gasteiger partial charge in [-0.2, -0.15) is 18.3 Å². The van der Waals surface area contributed by atoms with Crippen LogP contribution >= 0.6 is 0 Å². The molecule has 194 valence electrons. The summed E-state index contributed by atoms with van der Waals surface area (Å²) in [5, 5.41) is 8.09. The molecule has 0 unspecified atom stereocenters. The highest BCUT2D eigenvalue weighted by atomic mass is 19.4. The molecular weight excluding hydrogens is 487 g/mol. The van der Waals surface area contributed by atoms with Gasteiger partial charge in [-0.05, 0) is 36.8 Å². The third-order valence-electron chi connectivity index (χ3n) is 5.99. The molecule has 0 bridgehead atoms. The summed E-state index contributed by atoms with van der Waals surface area (Å²) >= 11 is 0. The Morgan fingerprint density at radius 2 is 1.89 bits per heavy atom. The van der Waals surface area contributed by atoms with E-state index in [-0.39, 0.29) is 30.1 Å². The molecule has 0 atom stereocenters. The second-order valence-electron chi connectivity index (χ2n) is 8.28. The average molecular weight is 514 g/mol. The van der Waals surface area contributed by atoms with Gasteiger partial charge in [-0.25, -0.2) is 9.99 Å². The van der Waals surface area contributed by atoms with Crippen molar-refractivity contribution in [1.82, 2.24) is 29.8 Å². The zero-order valence-electron chi connectivity index (χ0n) is 20.6. The van der Waals surface area contributed by atoms with Crippen LogP contribution in [-0.2, 0) is 24.6 Å². The van der Waals surface area contributed by atoms with Crippen molar-refractivity contribution in [1.29, 1.82) is 0 Å². The number of amides is 2. The van der Waals surface area contributed by atoms with Crippen molar-refractivity contribution in [3.63, 3.8) is 0 Å². The van der Waals surface area contributed by atoms with Crippen LogP contribution in [0.4, 0.5) is 19.0 Å². The second-order valence-corrected chi connectivity index (χ2v) is 8.28. The van der Waals surface area contributed by atoms with Gasteiger partial charge in [0.05, 0.1) is 40.4 Å². The molecular formula is C25H26F3N7O2. The van der Waals surface area contributed by atoms with Gasteiger partial charge in [0.2, 0.25) is 5.91 Å². The van der Waals surface area contributed by atoms with Crippen molar-refractivity contribution < 1.29 is 22.8 Å². The third kappa shape index (κ3) is 4.91. The lowest BCUT2D eigenvalue weighted by molar-refractivity contribution is -0.140. The van der Waals surface area contributed by atoms with Gasteiger partial charge in [0.15, 0.2) is 0 Å². The van der Waals surface area contributed by atoms with E-state index in [9.17, 15) is 22.8 Å². The molecule has 5 rings (SSSR count). The minimum atomic E-state index is -4.52. The Labute approximate surface area is 210 Å². The summed E-state index contributed by atoms with van der Waals surface area (Å²) < 4.78 is 40.4. The van der Waals surface area contributed by atoms with E-state index < -0.39 is 17.6 Å². The molecule has 0 saturated carbocycles. The van der Waals surface area contributed by atoms with Crippen LogP contribution in [0.5, 0.6) is 0 Å². The van der Waals surface area contributed by atoms with Crippen molar-refractivity contribution in [2.24, 2.45) is 7.05 Å². The number of hydrogen-bond acceptors (Lipinski definition) is 6. The Bertz CT molecular complexity index is 1470. The minimum absolute atomic E-state index is 0.165. The molecule has 4 aromatic rings. The molecule has 4 heterocycles. The number of hydrazine groups is 1. The number of nitrogens with two attached hydrogens (primary N) is 1. The number of alkyl halides is 3. The molecule has 3 aromatic heterocycles. The van der Waals surface area contributed by atoms with Crippen LogP contribution in [0.1, 0.15) is 48.3 Å². The van der Waals surface area contributed by atoms with Gasteiger partial charge in [-0.15, -0.1) is 0 Å². The van der Waals surface area contributed by atoms with Gasteiger partial charge in [-0.3, -0.25) is 24.3 Å².